The molecule has 2 N–H and O–H groups in total. The topological polar surface area (TPSA) is 84.3 Å². The highest BCUT2D eigenvalue weighted by molar-refractivity contribution is 5.78. The zero-order valence-corrected chi connectivity index (χ0v) is 10.6. The summed E-state index contributed by atoms with van der Waals surface area (Å²) in [5, 5.41) is 16.7. The van der Waals surface area contributed by atoms with Crippen molar-refractivity contribution in [2.24, 2.45) is 0 Å². The predicted molar refractivity (Wildman–Crippen MR) is 70.8 cm³/mol. The molecule has 1 aromatic rings. The van der Waals surface area contributed by atoms with Crippen LogP contribution < -0.4 is 10.6 Å². The smallest absolute Gasteiger partial charge is 0.269 e. The zero-order chi connectivity index (χ0) is 13.7. The van der Waals surface area contributed by atoms with E-state index in [1.807, 2.05) is 0 Å². The summed E-state index contributed by atoms with van der Waals surface area (Å²) in [6.45, 7) is 1.66. The fraction of sp³-hybridized carbons (Fsp3) is 0.462. The summed E-state index contributed by atoms with van der Waals surface area (Å²) in [5.74, 6) is -0.0532. The molecule has 0 radical (unpaired) electrons. The Labute approximate surface area is 111 Å². The van der Waals surface area contributed by atoms with Crippen LogP contribution in [-0.2, 0) is 11.2 Å². The van der Waals surface area contributed by atoms with Crippen LogP contribution in [0.2, 0.25) is 0 Å². The Kier molecular flexibility index (Phi) is 4.46. The Hall–Kier alpha value is -1.95. The lowest BCUT2D eigenvalue weighted by Gasteiger charge is -2.11. The van der Waals surface area contributed by atoms with E-state index < -0.39 is 4.92 Å². The molecule has 0 aromatic heterocycles. The highest BCUT2D eigenvalue weighted by Gasteiger charge is 2.14. The third-order valence-corrected chi connectivity index (χ3v) is 3.22. The first-order valence-corrected chi connectivity index (χ1v) is 6.38. The third-order valence-electron chi connectivity index (χ3n) is 3.22. The Morgan fingerprint density at radius 2 is 2.16 bits per heavy atom. The van der Waals surface area contributed by atoms with Crippen molar-refractivity contribution in [2.45, 2.75) is 25.3 Å². The van der Waals surface area contributed by atoms with Gasteiger partial charge in [0.25, 0.3) is 5.69 Å². The van der Waals surface area contributed by atoms with Gasteiger partial charge in [-0.05, 0) is 24.9 Å². The lowest BCUT2D eigenvalue weighted by molar-refractivity contribution is -0.384. The van der Waals surface area contributed by atoms with Gasteiger partial charge < -0.3 is 10.6 Å². The fourth-order valence-corrected chi connectivity index (χ4v) is 2.15. The van der Waals surface area contributed by atoms with Gasteiger partial charge in [-0.15, -0.1) is 0 Å². The molecule has 0 aliphatic carbocycles. The van der Waals surface area contributed by atoms with Crippen LogP contribution in [0.25, 0.3) is 0 Å². The minimum absolute atomic E-state index is 0.0410. The number of rotatable bonds is 5. The molecule has 1 heterocycles. The molecule has 0 spiro atoms. The summed E-state index contributed by atoms with van der Waals surface area (Å²) in [5.41, 5.74) is 0.821. The summed E-state index contributed by atoms with van der Waals surface area (Å²) in [7, 11) is 0. The molecule has 1 atom stereocenters. The quantitative estimate of drug-likeness (QED) is 0.613. The molecule has 0 bridgehead atoms. The van der Waals surface area contributed by atoms with E-state index in [0.717, 1.165) is 24.9 Å². The van der Waals surface area contributed by atoms with Crippen molar-refractivity contribution in [3.8, 4) is 0 Å². The Morgan fingerprint density at radius 3 is 2.74 bits per heavy atom. The molecule has 1 aliphatic rings. The summed E-state index contributed by atoms with van der Waals surface area (Å²) >= 11 is 0. The molecule has 6 heteroatoms. The highest BCUT2D eigenvalue weighted by Crippen LogP contribution is 2.12. The summed E-state index contributed by atoms with van der Waals surface area (Å²) < 4.78 is 0. The van der Waals surface area contributed by atoms with Crippen molar-refractivity contribution in [1.82, 2.24) is 10.6 Å². The molecule has 1 unspecified atom stereocenters. The van der Waals surface area contributed by atoms with Crippen molar-refractivity contribution in [2.75, 3.05) is 13.1 Å². The van der Waals surface area contributed by atoms with Crippen LogP contribution in [0, 0.1) is 10.1 Å². The molecule has 2 rings (SSSR count). The van der Waals surface area contributed by atoms with Crippen LogP contribution >= 0.6 is 0 Å². The Bertz CT molecular complexity index is 453. The van der Waals surface area contributed by atoms with Gasteiger partial charge >= 0.3 is 0 Å². The van der Waals surface area contributed by atoms with Crippen molar-refractivity contribution in [3.05, 3.63) is 39.9 Å². The van der Waals surface area contributed by atoms with Crippen molar-refractivity contribution < 1.29 is 9.72 Å². The number of non-ortho nitro benzene ring substituents is 1. The zero-order valence-electron chi connectivity index (χ0n) is 10.6. The van der Waals surface area contributed by atoms with Gasteiger partial charge in [-0.2, -0.15) is 0 Å². The molecule has 1 fully saturated rings. The van der Waals surface area contributed by atoms with Gasteiger partial charge in [-0.3, -0.25) is 14.9 Å². The second-order valence-corrected chi connectivity index (χ2v) is 4.70. The van der Waals surface area contributed by atoms with Gasteiger partial charge in [-0.1, -0.05) is 12.1 Å². The fourth-order valence-electron chi connectivity index (χ4n) is 2.15. The first-order chi connectivity index (χ1) is 9.15. The Balaban J connectivity index is 1.79. The number of nitrogens with zero attached hydrogens (tertiary/aromatic N) is 1. The molecule has 1 aliphatic heterocycles. The number of nitrogens with one attached hydrogen (secondary N) is 2. The minimum atomic E-state index is -0.449. The largest absolute Gasteiger partial charge is 0.354 e. The highest BCUT2D eigenvalue weighted by atomic mass is 16.6. The van der Waals surface area contributed by atoms with E-state index in [-0.39, 0.29) is 18.0 Å². The van der Waals surface area contributed by atoms with E-state index in [4.69, 9.17) is 0 Å². The molecular weight excluding hydrogens is 246 g/mol. The number of hydrogen-bond donors (Lipinski definition) is 2. The SMILES string of the molecule is O=C(Cc1ccc([N+](=O)[O-])cc1)NCC1CCCN1. The van der Waals surface area contributed by atoms with Gasteiger partial charge in [0.15, 0.2) is 0 Å². The molecular formula is C13H17N3O3. The average molecular weight is 263 g/mol. The van der Waals surface area contributed by atoms with Gasteiger partial charge in [0.05, 0.1) is 11.3 Å². The maximum absolute atomic E-state index is 11.7. The molecule has 1 aromatic carbocycles. The van der Waals surface area contributed by atoms with Crippen LogP contribution in [0.5, 0.6) is 0 Å². The molecule has 102 valence electrons. The standard InChI is InChI=1S/C13H17N3O3/c17-13(15-9-11-2-1-7-14-11)8-10-3-5-12(6-4-10)16(18)19/h3-6,11,14H,1-2,7-9H2,(H,15,17). The predicted octanol–water partition coefficient (Wildman–Crippen LogP) is 1.01. The molecule has 6 nitrogen and oxygen atoms in total. The summed E-state index contributed by atoms with van der Waals surface area (Å²) in [4.78, 5) is 21.8. The number of nitro benzene ring substituents is 1. The van der Waals surface area contributed by atoms with E-state index in [0.29, 0.717) is 12.6 Å². The third kappa shape index (κ3) is 4.03. The molecule has 1 amide bonds. The van der Waals surface area contributed by atoms with Gasteiger partial charge in [0.1, 0.15) is 0 Å². The number of nitro groups is 1. The summed E-state index contributed by atoms with van der Waals surface area (Å²) in [6.07, 6.45) is 2.51. The van der Waals surface area contributed by atoms with Crippen molar-refractivity contribution in [1.29, 1.82) is 0 Å². The number of amides is 1. The Morgan fingerprint density at radius 1 is 1.42 bits per heavy atom. The number of hydrogen-bond acceptors (Lipinski definition) is 4. The maximum atomic E-state index is 11.7. The van der Waals surface area contributed by atoms with Crippen molar-refractivity contribution >= 4 is 11.6 Å². The summed E-state index contributed by atoms with van der Waals surface area (Å²) in [6, 6.07) is 6.44. The van der Waals surface area contributed by atoms with Crippen LogP contribution in [-0.4, -0.2) is 30.0 Å². The lowest BCUT2D eigenvalue weighted by Crippen LogP contribution is -2.37. The van der Waals surface area contributed by atoms with Crippen LogP contribution in [0.15, 0.2) is 24.3 Å². The molecule has 0 saturated carbocycles. The van der Waals surface area contributed by atoms with E-state index in [2.05, 4.69) is 10.6 Å². The first kappa shape index (κ1) is 13.5. The second kappa shape index (κ2) is 6.29. The normalized spacial score (nSPS) is 18.2. The lowest BCUT2D eigenvalue weighted by atomic mass is 10.1. The average Bonchev–Trinajstić information content (AvgIpc) is 2.90. The van der Waals surface area contributed by atoms with E-state index in [9.17, 15) is 14.9 Å². The van der Waals surface area contributed by atoms with E-state index in [1.54, 1.807) is 12.1 Å². The van der Waals surface area contributed by atoms with E-state index in [1.165, 1.54) is 12.1 Å². The van der Waals surface area contributed by atoms with Crippen LogP contribution in [0.3, 0.4) is 0 Å². The monoisotopic (exact) mass is 263 g/mol. The van der Waals surface area contributed by atoms with Gasteiger partial charge in [0, 0.05) is 24.7 Å². The van der Waals surface area contributed by atoms with Crippen molar-refractivity contribution in [3.63, 3.8) is 0 Å². The molecule has 1 saturated heterocycles. The minimum Gasteiger partial charge on any atom is -0.354 e. The number of benzene rings is 1. The first-order valence-electron chi connectivity index (χ1n) is 6.38. The van der Waals surface area contributed by atoms with Crippen LogP contribution in [0.4, 0.5) is 5.69 Å². The maximum Gasteiger partial charge on any atom is 0.269 e. The van der Waals surface area contributed by atoms with Gasteiger partial charge in [0.2, 0.25) is 5.91 Å². The van der Waals surface area contributed by atoms with E-state index >= 15 is 0 Å². The second-order valence-electron chi connectivity index (χ2n) is 4.70. The number of carbonyl (C=O) groups excluding carboxylic acids is 1. The molecule has 19 heavy (non-hydrogen) atoms. The van der Waals surface area contributed by atoms with Crippen LogP contribution in [0.1, 0.15) is 18.4 Å². The number of carbonyl (C=O) groups is 1. The van der Waals surface area contributed by atoms with Gasteiger partial charge in [-0.25, -0.2) is 0 Å².